The molecule has 0 spiro atoms. The van der Waals surface area contributed by atoms with E-state index >= 15 is 0 Å². The molecule has 0 saturated carbocycles. The van der Waals surface area contributed by atoms with E-state index in [1.807, 2.05) is 48.9 Å². The molecule has 3 aromatic carbocycles. The van der Waals surface area contributed by atoms with Gasteiger partial charge >= 0.3 is 0 Å². The summed E-state index contributed by atoms with van der Waals surface area (Å²) < 4.78 is 4.65. The quantitative estimate of drug-likeness (QED) is 0.256. The van der Waals surface area contributed by atoms with Gasteiger partial charge in [0, 0.05) is 46.3 Å². The fraction of sp³-hybridized carbons (Fsp3) is 0. The molecule has 0 unspecified atom stereocenters. The van der Waals surface area contributed by atoms with E-state index in [2.05, 4.69) is 93.0 Å². The molecule has 8 rings (SSSR count). The lowest BCUT2D eigenvalue weighted by molar-refractivity contribution is 1.14. The maximum Gasteiger partial charge on any atom is 0.0985 e. The highest BCUT2D eigenvalue weighted by molar-refractivity contribution is 6.21. The number of benzene rings is 3. The topological polar surface area (TPSA) is 48.5 Å². The maximum atomic E-state index is 5.02. The van der Waals surface area contributed by atoms with Crippen LogP contribution in [0.5, 0.6) is 0 Å². The van der Waals surface area contributed by atoms with E-state index in [1.54, 1.807) is 0 Å². The smallest absolute Gasteiger partial charge is 0.0985 e. The lowest BCUT2D eigenvalue weighted by Crippen LogP contribution is -1.99. The molecule has 5 nitrogen and oxygen atoms in total. The predicted octanol–water partition coefficient (Wildman–Crippen LogP) is 7.73. The third-order valence-electron chi connectivity index (χ3n) is 7.26. The van der Waals surface area contributed by atoms with E-state index < -0.39 is 0 Å². The second-order valence-corrected chi connectivity index (χ2v) is 9.37. The molecule has 0 radical (unpaired) electrons. The van der Waals surface area contributed by atoms with Gasteiger partial charge in [0.15, 0.2) is 0 Å². The molecular formula is C33H21N5. The second-order valence-electron chi connectivity index (χ2n) is 9.37. The number of hydrogen-bond donors (Lipinski definition) is 0. The SMILES string of the molecule is c1ccc(-n2c3cccnc3c3cnc4c5ccccc5n(-c5ccc(-c6ccccn6)cc5)c4c32)cc1. The summed E-state index contributed by atoms with van der Waals surface area (Å²) in [5.74, 6) is 0. The van der Waals surface area contributed by atoms with Gasteiger partial charge in [-0.3, -0.25) is 15.0 Å². The van der Waals surface area contributed by atoms with Crippen LogP contribution in [0.2, 0.25) is 0 Å². The molecule has 0 N–H and O–H groups in total. The zero-order valence-corrected chi connectivity index (χ0v) is 20.4. The van der Waals surface area contributed by atoms with Gasteiger partial charge in [-0.25, -0.2) is 0 Å². The van der Waals surface area contributed by atoms with Gasteiger partial charge in [0.05, 0.1) is 38.8 Å². The molecule has 0 fully saturated rings. The van der Waals surface area contributed by atoms with Gasteiger partial charge in [-0.05, 0) is 54.6 Å². The molecule has 0 aliphatic heterocycles. The zero-order valence-electron chi connectivity index (χ0n) is 20.4. The zero-order chi connectivity index (χ0) is 25.1. The number of rotatable bonds is 3. The van der Waals surface area contributed by atoms with E-state index in [-0.39, 0.29) is 0 Å². The normalized spacial score (nSPS) is 11.7. The minimum absolute atomic E-state index is 0.947. The van der Waals surface area contributed by atoms with Crippen LogP contribution < -0.4 is 0 Å². The summed E-state index contributed by atoms with van der Waals surface area (Å²) in [6.45, 7) is 0. The van der Waals surface area contributed by atoms with E-state index in [0.717, 1.165) is 66.5 Å². The van der Waals surface area contributed by atoms with Gasteiger partial charge in [0.25, 0.3) is 0 Å². The Morgan fingerprint density at radius 1 is 0.447 bits per heavy atom. The standard InChI is InChI=1S/C33H21N5/c1-2-9-23(10-3-1)38-29-14-8-20-35-30(29)26-21-36-31-25-11-4-5-13-28(25)37(33(31)32(26)38)24-17-15-22(16-18-24)27-12-6-7-19-34-27/h1-21H. The van der Waals surface area contributed by atoms with Crippen LogP contribution in [-0.2, 0) is 0 Å². The highest BCUT2D eigenvalue weighted by Crippen LogP contribution is 2.40. The molecule has 0 saturated heterocycles. The van der Waals surface area contributed by atoms with Crippen molar-refractivity contribution in [3.63, 3.8) is 0 Å². The molecule has 8 aromatic rings. The molecule has 0 aliphatic carbocycles. The summed E-state index contributed by atoms with van der Waals surface area (Å²) in [7, 11) is 0. The highest BCUT2D eigenvalue weighted by Gasteiger charge is 2.22. The lowest BCUT2D eigenvalue weighted by Gasteiger charge is -2.12. The van der Waals surface area contributed by atoms with Gasteiger partial charge in [-0.2, -0.15) is 0 Å². The number of hydrogen-bond acceptors (Lipinski definition) is 3. The summed E-state index contributed by atoms with van der Waals surface area (Å²) in [6, 6.07) is 37.7. The van der Waals surface area contributed by atoms with Crippen LogP contribution in [0, 0.1) is 0 Å². The van der Waals surface area contributed by atoms with Crippen LogP contribution >= 0.6 is 0 Å². The van der Waals surface area contributed by atoms with Gasteiger partial charge < -0.3 is 9.13 Å². The number of para-hydroxylation sites is 2. The Bertz CT molecular complexity index is 2110. The first-order valence-corrected chi connectivity index (χ1v) is 12.6. The summed E-state index contributed by atoms with van der Waals surface area (Å²) in [4.78, 5) is 14.3. The van der Waals surface area contributed by atoms with Crippen LogP contribution in [0.1, 0.15) is 0 Å². The average Bonchev–Trinajstić information content (AvgIpc) is 3.51. The monoisotopic (exact) mass is 487 g/mol. The molecule has 178 valence electrons. The number of pyridine rings is 3. The van der Waals surface area contributed by atoms with Crippen LogP contribution in [-0.4, -0.2) is 24.1 Å². The largest absolute Gasteiger partial charge is 0.306 e. The van der Waals surface area contributed by atoms with Gasteiger partial charge in [0.2, 0.25) is 0 Å². The Kier molecular flexibility index (Phi) is 4.45. The Morgan fingerprint density at radius 3 is 2.00 bits per heavy atom. The summed E-state index contributed by atoms with van der Waals surface area (Å²) in [5.41, 5.74) is 10.5. The molecule has 0 amide bonds. The summed E-state index contributed by atoms with van der Waals surface area (Å²) in [6.07, 6.45) is 5.66. The first-order chi connectivity index (χ1) is 18.9. The van der Waals surface area contributed by atoms with Gasteiger partial charge in [-0.1, -0.05) is 54.6 Å². The first-order valence-electron chi connectivity index (χ1n) is 12.6. The maximum absolute atomic E-state index is 5.02. The second kappa shape index (κ2) is 8.11. The molecule has 0 atom stereocenters. The predicted molar refractivity (Wildman–Crippen MR) is 154 cm³/mol. The molecule has 5 heterocycles. The van der Waals surface area contributed by atoms with Crippen molar-refractivity contribution in [3.8, 4) is 22.6 Å². The van der Waals surface area contributed by atoms with E-state index in [9.17, 15) is 0 Å². The van der Waals surface area contributed by atoms with Gasteiger partial charge in [0.1, 0.15) is 0 Å². The number of fused-ring (bicyclic) bond motifs is 7. The van der Waals surface area contributed by atoms with Crippen molar-refractivity contribution >= 4 is 43.9 Å². The van der Waals surface area contributed by atoms with Crippen molar-refractivity contribution in [3.05, 3.63) is 128 Å². The van der Waals surface area contributed by atoms with Crippen LogP contribution in [0.3, 0.4) is 0 Å². The van der Waals surface area contributed by atoms with Crippen molar-refractivity contribution in [2.24, 2.45) is 0 Å². The fourth-order valence-electron chi connectivity index (χ4n) is 5.62. The van der Waals surface area contributed by atoms with Gasteiger partial charge in [-0.15, -0.1) is 0 Å². The average molecular weight is 488 g/mol. The van der Waals surface area contributed by atoms with E-state index in [4.69, 9.17) is 9.97 Å². The molecule has 5 aromatic heterocycles. The molecule has 5 heteroatoms. The molecule has 0 aliphatic rings. The van der Waals surface area contributed by atoms with Crippen LogP contribution in [0.15, 0.2) is 128 Å². The molecule has 0 bridgehead atoms. The van der Waals surface area contributed by atoms with E-state index in [0.29, 0.717) is 0 Å². The number of nitrogens with zero attached hydrogens (tertiary/aromatic N) is 5. The van der Waals surface area contributed by atoms with Crippen molar-refractivity contribution in [2.75, 3.05) is 0 Å². The lowest BCUT2D eigenvalue weighted by atomic mass is 10.1. The molecule has 38 heavy (non-hydrogen) atoms. The van der Waals surface area contributed by atoms with Crippen molar-refractivity contribution in [1.29, 1.82) is 0 Å². The Morgan fingerprint density at radius 2 is 1.16 bits per heavy atom. The van der Waals surface area contributed by atoms with Crippen molar-refractivity contribution in [2.45, 2.75) is 0 Å². The third kappa shape index (κ3) is 2.96. The van der Waals surface area contributed by atoms with Crippen LogP contribution in [0.25, 0.3) is 66.5 Å². The van der Waals surface area contributed by atoms with Crippen molar-refractivity contribution < 1.29 is 0 Å². The third-order valence-corrected chi connectivity index (χ3v) is 7.26. The Hall–Kier alpha value is -5.29. The van der Waals surface area contributed by atoms with E-state index in [1.165, 1.54) is 0 Å². The fourth-order valence-corrected chi connectivity index (χ4v) is 5.62. The summed E-state index contributed by atoms with van der Waals surface area (Å²) in [5, 5.41) is 2.15. The minimum atomic E-state index is 0.947. The molecular weight excluding hydrogens is 466 g/mol. The Balaban J connectivity index is 1.52. The van der Waals surface area contributed by atoms with Crippen LogP contribution in [0.4, 0.5) is 0 Å². The number of aromatic nitrogens is 5. The Labute approximate surface area is 218 Å². The van der Waals surface area contributed by atoms with Crippen molar-refractivity contribution in [1.82, 2.24) is 24.1 Å². The first kappa shape index (κ1) is 20.9. The highest BCUT2D eigenvalue weighted by atomic mass is 15.1. The minimum Gasteiger partial charge on any atom is -0.306 e. The summed E-state index contributed by atoms with van der Waals surface area (Å²) >= 11 is 0.